The second-order valence-electron chi connectivity index (χ2n) is 3.46. The van der Waals surface area contributed by atoms with Gasteiger partial charge in [-0.25, -0.2) is 0 Å². The molecule has 4 nitrogen and oxygen atoms in total. The number of aromatic nitrogens is 2. The quantitative estimate of drug-likeness (QED) is 0.783. The third-order valence-corrected chi connectivity index (χ3v) is 2.31. The molecular formula is C11H14N4. The van der Waals surface area contributed by atoms with Crippen molar-refractivity contribution in [3.8, 4) is 0 Å². The molecule has 0 atom stereocenters. The molecule has 0 spiro atoms. The molecule has 1 aromatic heterocycles. The van der Waals surface area contributed by atoms with E-state index in [1.807, 2.05) is 44.3 Å². The highest BCUT2D eigenvalue weighted by Crippen LogP contribution is 2.24. The molecule has 78 valence electrons. The summed E-state index contributed by atoms with van der Waals surface area (Å²) in [5.41, 5.74) is 8.45. The van der Waals surface area contributed by atoms with Gasteiger partial charge in [-0.1, -0.05) is 18.2 Å². The molecular weight excluding hydrogens is 188 g/mol. The number of benzene rings is 1. The van der Waals surface area contributed by atoms with Gasteiger partial charge in [0, 0.05) is 12.7 Å². The average Bonchev–Trinajstić information content (AvgIpc) is 2.47. The van der Waals surface area contributed by atoms with E-state index in [0.717, 1.165) is 17.2 Å². The van der Waals surface area contributed by atoms with Gasteiger partial charge in [-0.05, 0) is 19.1 Å². The molecule has 15 heavy (non-hydrogen) atoms. The molecule has 4 heteroatoms. The van der Waals surface area contributed by atoms with Gasteiger partial charge in [-0.3, -0.25) is 4.68 Å². The second kappa shape index (κ2) is 3.65. The maximum Gasteiger partial charge on any atom is 0.152 e. The van der Waals surface area contributed by atoms with E-state index in [1.54, 1.807) is 4.68 Å². The van der Waals surface area contributed by atoms with Crippen LogP contribution in [0.25, 0.3) is 0 Å². The van der Waals surface area contributed by atoms with E-state index in [-0.39, 0.29) is 0 Å². The normalized spacial score (nSPS) is 10.3. The number of para-hydroxylation sites is 1. The van der Waals surface area contributed by atoms with Gasteiger partial charge >= 0.3 is 0 Å². The van der Waals surface area contributed by atoms with Gasteiger partial charge in [0.05, 0.1) is 11.4 Å². The van der Waals surface area contributed by atoms with Crippen molar-refractivity contribution < 1.29 is 0 Å². The average molecular weight is 202 g/mol. The lowest BCUT2D eigenvalue weighted by Gasteiger charge is -2.06. The summed E-state index contributed by atoms with van der Waals surface area (Å²) in [4.78, 5) is 0. The Balaban J connectivity index is 2.32. The number of nitrogens with one attached hydrogen (secondary N) is 1. The van der Waals surface area contributed by atoms with Crippen LogP contribution in [0.2, 0.25) is 0 Å². The Labute approximate surface area is 88.7 Å². The molecule has 0 radical (unpaired) electrons. The van der Waals surface area contributed by atoms with E-state index in [0.29, 0.717) is 5.69 Å². The highest BCUT2D eigenvalue weighted by Gasteiger charge is 2.09. The van der Waals surface area contributed by atoms with Crippen LogP contribution in [0.15, 0.2) is 30.3 Å². The van der Waals surface area contributed by atoms with Crippen LogP contribution in [-0.2, 0) is 7.05 Å². The Morgan fingerprint density at radius 3 is 2.47 bits per heavy atom. The summed E-state index contributed by atoms with van der Waals surface area (Å²) in [5.74, 6) is 0.832. The van der Waals surface area contributed by atoms with E-state index in [4.69, 9.17) is 5.73 Å². The van der Waals surface area contributed by atoms with Gasteiger partial charge in [-0.15, -0.1) is 0 Å². The number of nitrogen functional groups attached to an aromatic ring is 1. The number of hydrogen-bond acceptors (Lipinski definition) is 3. The fraction of sp³-hybridized carbons (Fsp3) is 0.182. The first-order valence-electron chi connectivity index (χ1n) is 4.79. The van der Waals surface area contributed by atoms with Crippen molar-refractivity contribution in [3.63, 3.8) is 0 Å². The van der Waals surface area contributed by atoms with Crippen molar-refractivity contribution in [1.82, 2.24) is 9.78 Å². The summed E-state index contributed by atoms with van der Waals surface area (Å²) >= 11 is 0. The number of hydrogen-bond donors (Lipinski definition) is 2. The summed E-state index contributed by atoms with van der Waals surface area (Å²) in [5, 5.41) is 7.47. The van der Waals surface area contributed by atoms with E-state index in [2.05, 4.69) is 10.4 Å². The Kier molecular flexibility index (Phi) is 2.33. The van der Waals surface area contributed by atoms with Gasteiger partial charge in [0.1, 0.15) is 0 Å². The molecule has 2 aromatic rings. The lowest BCUT2D eigenvalue weighted by molar-refractivity contribution is 0.765. The number of nitrogens with zero attached hydrogens (tertiary/aromatic N) is 2. The van der Waals surface area contributed by atoms with E-state index in [1.165, 1.54) is 0 Å². The largest absolute Gasteiger partial charge is 0.394 e. The van der Waals surface area contributed by atoms with Crippen LogP contribution >= 0.6 is 0 Å². The molecule has 0 unspecified atom stereocenters. The molecule has 0 bridgehead atoms. The van der Waals surface area contributed by atoms with E-state index < -0.39 is 0 Å². The van der Waals surface area contributed by atoms with Crippen LogP contribution < -0.4 is 11.1 Å². The second-order valence-corrected chi connectivity index (χ2v) is 3.46. The molecule has 1 aromatic carbocycles. The minimum absolute atomic E-state index is 0.696. The summed E-state index contributed by atoms with van der Waals surface area (Å²) in [7, 11) is 1.87. The van der Waals surface area contributed by atoms with Gasteiger partial charge < -0.3 is 11.1 Å². The predicted molar refractivity (Wildman–Crippen MR) is 62.1 cm³/mol. The van der Waals surface area contributed by atoms with Crippen molar-refractivity contribution in [2.24, 2.45) is 7.05 Å². The SMILES string of the molecule is Cc1nn(C)c(Nc2ccccc2)c1N. The molecule has 2 rings (SSSR count). The molecule has 0 aliphatic heterocycles. The molecule has 0 aliphatic rings. The molecule has 0 saturated heterocycles. The number of rotatable bonds is 2. The highest BCUT2D eigenvalue weighted by molar-refractivity contribution is 5.70. The molecule has 0 fully saturated rings. The van der Waals surface area contributed by atoms with E-state index in [9.17, 15) is 0 Å². The topological polar surface area (TPSA) is 55.9 Å². The Bertz CT molecular complexity index is 459. The molecule has 0 amide bonds. The van der Waals surface area contributed by atoms with Gasteiger partial charge in [0.25, 0.3) is 0 Å². The standard InChI is InChI=1S/C11H14N4/c1-8-10(12)11(15(2)14-8)13-9-6-4-3-5-7-9/h3-7,13H,12H2,1-2H3. The van der Waals surface area contributed by atoms with Crippen LogP contribution in [0.5, 0.6) is 0 Å². The van der Waals surface area contributed by atoms with Crippen LogP contribution in [0.1, 0.15) is 5.69 Å². The third kappa shape index (κ3) is 1.79. The van der Waals surface area contributed by atoms with Crippen molar-refractivity contribution in [3.05, 3.63) is 36.0 Å². The lowest BCUT2D eigenvalue weighted by Crippen LogP contribution is -2.00. The minimum atomic E-state index is 0.696. The minimum Gasteiger partial charge on any atom is -0.394 e. The zero-order valence-corrected chi connectivity index (χ0v) is 8.86. The number of anilines is 3. The molecule has 0 aliphatic carbocycles. The maximum atomic E-state index is 5.91. The fourth-order valence-electron chi connectivity index (χ4n) is 1.48. The van der Waals surface area contributed by atoms with Crippen molar-refractivity contribution in [1.29, 1.82) is 0 Å². The summed E-state index contributed by atoms with van der Waals surface area (Å²) in [6.07, 6.45) is 0. The Morgan fingerprint density at radius 2 is 1.93 bits per heavy atom. The molecule has 1 heterocycles. The summed E-state index contributed by atoms with van der Waals surface area (Å²) in [6.45, 7) is 1.89. The predicted octanol–water partition coefficient (Wildman–Crippen LogP) is 2.05. The zero-order chi connectivity index (χ0) is 10.8. The highest BCUT2D eigenvalue weighted by atomic mass is 15.3. The van der Waals surface area contributed by atoms with Crippen molar-refractivity contribution >= 4 is 17.2 Å². The summed E-state index contributed by atoms with van der Waals surface area (Å²) < 4.78 is 1.75. The van der Waals surface area contributed by atoms with Crippen molar-refractivity contribution in [2.75, 3.05) is 11.1 Å². The van der Waals surface area contributed by atoms with Crippen LogP contribution in [0, 0.1) is 6.92 Å². The van der Waals surface area contributed by atoms with Crippen LogP contribution in [-0.4, -0.2) is 9.78 Å². The summed E-state index contributed by atoms with van der Waals surface area (Å²) in [6, 6.07) is 9.90. The number of nitrogens with two attached hydrogens (primary N) is 1. The Hall–Kier alpha value is -1.97. The van der Waals surface area contributed by atoms with Gasteiger partial charge in [0.15, 0.2) is 5.82 Å². The first-order chi connectivity index (χ1) is 7.18. The monoisotopic (exact) mass is 202 g/mol. The maximum absolute atomic E-state index is 5.91. The molecule has 3 N–H and O–H groups in total. The van der Waals surface area contributed by atoms with Gasteiger partial charge in [-0.2, -0.15) is 5.10 Å². The molecule has 0 saturated carbocycles. The van der Waals surface area contributed by atoms with Crippen LogP contribution in [0.4, 0.5) is 17.2 Å². The van der Waals surface area contributed by atoms with Gasteiger partial charge in [0.2, 0.25) is 0 Å². The van der Waals surface area contributed by atoms with E-state index >= 15 is 0 Å². The van der Waals surface area contributed by atoms with Crippen LogP contribution in [0.3, 0.4) is 0 Å². The zero-order valence-electron chi connectivity index (χ0n) is 8.86. The first kappa shape index (κ1) is 9.58. The third-order valence-electron chi connectivity index (χ3n) is 2.31. The van der Waals surface area contributed by atoms with Crippen molar-refractivity contribution in [2.45, 2.75) is 6.92 Å². The smallest absolute Gasteiger partial charge is 0.152 e. The lowest BCUT2D eigenvalue weighted by atomic mass is 10.3. The fourth-order valence-corrected chi connectivity index (χ4v) is 1.48. The Morgan fingerprint density at radius 1 is 1.27 bits per heavy atom. The first-order valence-corrected chi connectivity index (χ1v) is 4.79. The number of aryl methyl sites for hydroxylation is 2.